The Balaban J connectivity index is 1.68. The first-order valence-electron chi connectivity index (χ1n) is 9.88. The van der Waals surface area contributed by atoms with Gasteiger partial charge in [0.1, 0.15) is 12.4 Å². The number of halogens is 1. The summed E-state index contributed by atoms with van der Waals surface area (Å²) < 4.78 is 20.0. The lowest BCUT2D eigenvalue weighted by atomic mass is 10.2. The van der Waals surface area contributed by atoms with Crippen LogP contribution >= 0.6 is 0 Å². The Hall–Kier alpha value is -3.13. The number of nitrogens with one attached hydrogen (secondary N) is 1. The highest BCUT2D eigenvalue weighted by atomic mass is 19.1. The molecule has 0 spiro atoms. The van der Waals surface area contributed by atoms with Gasteiger partial charge in [-0.05, 0) is 24.3 Å². The highest BCUT2D eigenvalue weighted by molar-refractivity contribution is 5.76. The molecule has 0 saturated carbocycles. The molecule has 1 fully saturated rings. The second-order valence-corrected chi connectivity index (χ2v) is 7.16. The van der Waals surface area contributed by atoms with Gasteiger partial charge in [0.15, 0.2) is 5.75 Å². The molecule has 2 aromatic rings. The molecule has 0 unspecified atom stereocenters. The number of nitrogens with zero attached hydrogens (tertiary/aromatic N) is 3. The molecule has 0 bridgehead atoms. The fourth-order valence-corrected chi connectivity index (χ4v) is 3.47. The summed E-state index contributed by atoms with van der Waals surface area (Å²) in [6.45, 7) is 7.80. The van der Waals surface area contributed by atoms with Crippen LogP contribution in [0.5, 0.6) is 5.75 Å². The number of aromatic nitrogens is 1. The van der Waals surface area contributed by atoms with E-state index in [9.17, 15) is 14.0 Å². The van der Waals surface area contributed by atoms with Gasteiger partial charge in [-0.2, -0.15) is 0 Å². The molecule has 2 heterocycles. The number of piperazine rings is 1. The van der Waals surface area contributed by atoms with E-state index in [1.165, 1.54) is 25.3 Å². The van der Waals surface area contributed by atoms with Crippen molar-refractivity contribution in [2.45, 2.75) is 13.1 Å². The lowest BCUT2D eigenvalue weighted by Gasteiger charge is -2.36. The first kappa shape index (κ1) is 21.6. The van der Waals surface area contributed by atoms with E-state index in [1.54, 1.807) is 29.0 Å². The lowest BCUT2D eigenvalue weighted by molar-refractivity contribution is -0.121. The molecule has 1 N–H and O–H groups in total. The number of rotatable bonds is 8. The number of anilines is 1. The zero-order valence-electron chi connectivity index (χ0n) is 17.1. The van der Waals surface area contributed by atoms with Crippen molar-refractivity contribution in [3.63, 3.8) is 0 Å². The molecule has 1 saturated heterocycles. The van der Waals surface area contributed by atoms with Crippen LogP contribution in [0.1, 0.15) is 5.69 Å². The van der Waals surface area contributed by atoms with E-state index in [2.05, 4.69) is 21.7 Å². The van der Waals surface area contributed by atoms with Gasteiger partial charge >= 0.3 is 0 Å². The molecule has 1 aliphatic heterocycles. The van der Waals surface area contributed by atoms with Crippen LogP contribution in [0.2, 0.25) is 0 Å². The molecule has 1 aromatic carbocycles. The number of carbonyl (C=O) groups excluding carboxylic acids is 1. The second-order valence-electron chi connectivity index (χ2n) is 7.16. The number of hydrogen-bond acceptors (Lipinski definition) is 5. The molecule has 0 radical (unpaired) electrons. The topological polar surface area (TPSA) is 66.8 Å². The maximum Gasteiger partial charge on any atom is 0.240 e. The number of pyridine rings is 1. The Labute approximate surface area is 175 Å². The largest absolute Gasteiger partial charge is 0.491 e. The summed E-state index contributed by atoms with van der Waals surface area (Å²) in [4.78, 5) is 28.9. The van der Waals surface area contributed by atoms with E-state index in [-0.39, 0.29) is 29.4 Å². The van der Waals surface area contributed by atoms with Crippen molar-refractivity contribution in [1.82, 2.24) is 14.8 Å². The van der Waals surface area contributed by atoms with Gasteiger partial charge in [0, 0.05) is 56.7 Å². The van der Waals surface area contributed by atoms with Crippen LogP contribution in [0.3, 0.4) is 0 Å². The normalized spacial score (nSPS) is 14.4. The maximum atomic E-state index is 13.1. The van der Waals surface area contributed by atoms with Gasteiger partial charge in [0.05, 0.1) is 13.3 Å². The van der Waals surface area contributed by atoms with Gasteiger partial charge < -0.3 is 19.5 Å². The lowest BCUT2D eigenvalue weighted by Crippen LogP contribution is -2.46. The van der Waals surface area contributed by atoms with Gasteiger partial charge in [-0.1, -0.05) is 6.08 Å². The van der Waals surface area contributed by atoms with Crippen LogP contribution in [0, 0.1) is 5.82 Å². The van der Waals surface area contributed by atoms with E-state index in [0.29, 0.717) is 13.1 Å². The Morgan fingerprint density at radius 2 is 1.93 bits per heavy atom. The predicted octanol–water partition coefficient (Wildman–Crippen LogP) is 1.62. The molecular weight excluding hydrogens is 387 g/mol. The first-order valence-corrected chi connectivity index (χ1v) is 9.88. The van der Waals surface area contributed by atoms with Gasteiger partial charge in [-0.25, -0.2) is 4.39 Å². The van der Waals surface area contributed by atoms with Crippen LogP contribution in [-0.4, -0.2) is 55.2 Å². The van der Waals surface area contributed by atoms with E-state index >= 15 is 0 Å². The molecule has 0 atom stereocenters. The number of ether oxygens (including phenoxy) is 1. The third kappa shape index (κ3) is 5.48. The highest BCUT2D eigenvalue weighted by Gasteiger charge is 2.19. The zero-order chi connectivity index (χ0) is 21.5. The van der Waals surface area contributed by atoms with E-state index in [0.717, 1.165) is 37.6 Å². The summed E-state index contributed by atoms with van der Waals surface area (Å²) in [7, 11) is 1.44. The van der Waals surface area contributed by atoms with Crippen molar-refractivity contribution in [2.24, 2.45) is 0 Å². The Kier molecular flexibility index (Phi) is 7.24. The number of amides is 1. The molecule has 1 aliphatic rings. The average molecular weight is 414 g/mol. The summed E-state index contributed by atoms with van der Waals surface area (Å²) in [6, 6.07) is 8.04. The molecule has 30 heavy (non-hydrogen) atoms. The summed E-state index contributed by atoms with van der Waals surface area (Å²) in [5, 5.41) is 2.75. The van der Waals surface area contributed by atoms with Crippen LogP contribution < -0.4 is 20.4 Å². The first-order chi connectivity index (χ1) is 14.5. The molecule has 160 valence electrons. The van der Waals surface area contributed by atoms with Crippen LogP contribution in [0.4, 0.5) is 10.1 Å². The van der Waals surface area contributed by atoms with Gasteiger partial charge in [-0.15, -0.1) is 6.58 Å². The Morgan fingerprint density at radius 1 is 1.23 bits per heavy atom. The van der Waals surface area contributed by atoms with E-state index < -0.39 is 0 Å². The predicted molar refractivity (Wildman–Crippen MR) is 114 cm³/mol. The monoisotopic (exact) mass is 414 g/mol. The highest BCUT2D eigenvalue weighted by Crippen LogP contribution is 2.18. The fraction of sp³-hybridized carbons (Fsp3) is 0.364. The van der Waals surface area contributed by atoms with Crippen LogP contribution in [0.15, 0.2) is 54.0 Å². The van der Waals surface area contributed by atoms with Crippen molar-refractivity contribution in [3.05, 3.63) is 70.9 Å². The summed E-state index contributed by atoms with van der Waals surface area (Å²) in [5.41, 5.74) is 1.54. The van der Waals surface area contributed by atoms with Crippen LogP contribution in [-0.2, 0) is 17.9 Å². The summed E-state index contributed by atoms with van der Waals surface area (Å²) in [5.74, 6) is -0.202. The van der Waals surface area contributed by atoms with Crippen molar-refractivity contribution < 1.29 is 13.9 Å². The minimum atomic E-state index is -0.244. The second kappa shape index (κ2) is 10.1. The molecule has 1 amide bonds. The third-order valence-corrected chi connectivity index (χ3v) is 5.11. The van der Waals surface area contributed by atoms with Crippen molar-refractivity contribution in [1.29, 1.82) is 0 Å². The minimum absolute atomic E-state index is 0.0926. The van der Waals surface area contributed by atoms with E-state index in [1.807, 2.05) is 0 Å². The van der Waals surface area contributed by atoms with Gasteiger partial charge in [0.25, 0.3) is 0 Å². The van der Waals surface area contributed by atoms with Crippen molar-refractivity contribution in [2.75, 3.05) is 44.7 Å². The quantitative estimate of drug-likeness (QED) is 0.665. The molecule has 1 aromatic heterocycles. The van der Waals surface area contributed by atoms with Crippen molar-refractivity contribution >= 4 is 11.6 Å². The summed E-state index contributed by atoms with van der Waals surface area (Å²) in [6.07, 6.45) is 3.20. The molecule has 3 rings (SSSR count). The number of carbonyl (C=O) groups is 1. The fourth-order valence-electron chi connectivity index (χ4n) is 3.47. The Bertz CT molecular complexity index is 934. The zero-order valence-corrected chi connectivity index (χ0v) is 17.1. The Morgan fingerprint density at radius 3 is 2.57 bits per heavy atom. The maximum absolute atomic E-state index is 13.1. The third-order valence-electron chi connectivity index (χ3n) is 5.11. The molecule has 8 heteroatoms. The average Bonchev–Trinajstić information content (AvgIpc) is 2.75. The van der Waals surface area contributed by atoms with Crippen LogP contribution in [0.25, 0.3) is 0 Å². The standard InChI is InChI=1S/C22H27FN4O3/c1-3-8-24-22(29)16-27-15-21(30-2)20(28)13-19(27)14-25-9-11-26(12-10-25)18-6-4-17(23)5-7-18/h3-7,13,15H,1,8-12,14,16H2,2H3,(H,24,29). The van der Waals surface area contributed by atoms with E-state index in [4.69, 9.17) is 4.74 Å². The SMILES string of the molecule is C=CCNC(=O)Cn1cc(OC)c(=O)cc1CN1CCN(c2ccc(F)cc2)CC1. The number of methoxy groups -OCH3 is 1. The van der Waals surface area contributed by atoms with Gasteiger partial charge in [0.2, 0.25) is 11.3 Å². The molecular formula is C22H27FN4O3. The van der Waals surface area contributed by atoms with Gasteiger partial charge in [-0.3, -0.25) is 14.5 Å². The number of benzene rings is 1. The molecule has 7 nitrogen and oxygen atoms in total. The summed E-state index contributed by atoms with van der Waals surface area (Å²) >= 11 is 0. The number of hydrogen-bond donors (Lipinski definition) is 1. The molecule has 0 aliphatic carbocycles. The minimum Gasteiger partial charge on any atom is -0.491 e. The van der Waals surface area contributed by atoms with Crippen molar-refractivity contribution in [3.8, 4) is 5.75 Å². The smallest absolute Gasteiger partial charge is 0.240 e.